The van der Waals surface area contributed by atoms with Crippen LogP contribution in [0.3, 0.4) is 0 Å². The first-order chi connectivity index (χ1) is 27.9. The lowest BCUT2D eigenvalue weighted by Gasteiger charge is -2.47. The highest BCUT2D eigenvalue weighted by Crippen LogP contribution is 2.48. The van der Waals surface area contributed by atoms with E-state index in [1.54, 1.807) is 32.1 Å². The summed E-state index contributed by atoms with van der Waals surface area (Å²) < 4.78 is 51.5. The third kappa shape index (κ3) is 8.54. The minimum absolute atomic E-state index is 0.0106. The third-order valence-electron chi connectivity index (χ3n) is 12.6. The Kier molecular flexibility index (Phi) is 11.6. The summed E-state index contributed by atoms with van der Waals surface area (Å²) >= 11 is 0. The number of hydrogen-bond donors (Lipinski definition) is 3. The van der Waals surface area contributed by atoms with Gasteiger partial charge in [-0.2, -0.15) is 0 Å². The minimum atomic E-state index is -4.00. The Labute approximate surface area is 346 Å². The van der Waals surface area contributed by atoms with Gasteiger partial charge in [0.25, 0.3) is 5.91 Å². The number of amides is 5. The molecule has 0 bridgehead atoms. The Morgan fingerprint density at radius 2 is 1.80 bits per heavy atom. The molecule has 16 nitrogen and oxygen atoms in total. The van der Waals surface area contributed by atoms with Gasteiger partial charge in [-0.3, -0.25) is 19.1 Å². The summed E-state index contributed by atoms with van der Waals surface area (Å²) in [5.74, 6) is -0.913. The van der Waals surface area contributed by atoms with Crippen molar-refractivity contribution in [2.45, 2.75) is 133 Å². The maximum absolute atomic E-state index is 14.8. The van der Waals surface area contributed by atoms with Crippen molar-refractivity contribution in [3.63, 3.8) is 0 Å². The predicted octanol–water partition coefficient (Wildman–Crippen LogP) is 3.88. The minimum Gasteiger partial charge on any atom is -0.496 e. The van der Waals surface area contributed by atoms with Crippen molar-refractivity contribution in [2.75, 3.05) is 33.9 Å². The van der Waals surface area contributed by atoms with Crippen LogP contribution in [0.5, 0.6) is 17.4 Å². The summed E-state index contributed by atoms with van der Waals surface area (Å²) in [7, 11) is -0.826. The molecular formula is C42H58N6O10S. The number of nitrogens with zero attached hydrogens (tertiary/aromatic N) is 3. The highest BCUT2D eigenvalue weighted by Gasteiger charge is 2.63. The van der Waals surface area contributed by atoms with Crippen LogP contribution < -0.4 is 29.6 Å². The second-order valence-electron chi connectivity index (χ2n) is 17.6. The number of aryl methyl sites for hydroxylation is 1. The lowest BCUT2D eigenvalue weighted by molar-refractivity contribution is -0.141. The highest BCUT2D eigenvalue weighted by molar-refractivity contribution is 7.91. The number of fused-ring (bicyclic) bond motifs is 3. The summed E-state index contributed by atoms with van der Waals surface area (Å²) in [5, 5.41) is 6.56. The molecule has 322 valence electrons. The van der Waals surface area contributed by atoms with Gasteiger partial charge in [0.05, 0.1) is 43.1 Å². The average Bonchev–Trinajstić information content (AvgIpc) is 4.05. The van der Waals surface area contributed by atoms with Crippen molar-refractivity contribution in [3.8, 4) is 17.4 Å². The third-order valence-corrected chi connectivity index (χ3v) is 14.8. The number of rotatable bonds is 10. The van der Waals surface area contributed by atoms with Crippen molar-refractivity contribution in [1.82, 2.24) is 30.1 Å². The van der Waals surface area contributed by atoms with Crippen LogP contribution in [0.15, 0.2) is 30.4 Å². The van der Waals surface area contributed by atoms with Gasteiger partial charge in [-0.1, -0.05) is 25.0 Å². The number of allylic oxidation sites excluding steroid dienone is 1. The number of hydrogen-bond acceptors (Lipinski definition) is 11. The molecule has 2 saturated heterocycles. The van der Waals surface area contributed by atoms with Crippen molar-refractivity contribution in [3.05, 3.63) is 35.9 Å². The van der Waals surface area contributed by atoms with Gasteiger partial charge < -0.3 is 39.4 Å². The Bertz CT molecular complexity index is 2130. The number of ether oxygens (including phenoxy) is 4. The topological polar surface area (TPSA) is 195 Å². The summed E-state index contributed by atoms with van der Waals surface area (Å²) in [6.07, 6.45) is 7.31. The van der Waals surface area contributed by atoms with Crippen molar-refractivity contribution in [1.29, 1.82) is 0 Å². The van der Waals surface area contributed by atoms with Crippen LogP contribution in [0, 0.1) is 12.8 Å². The van der Waals surface area contributed by atoms with E-state index in [4.69, 9.17) is 23.9 Å². The van der Waals surface area contributed by atoms with Crippen LogP contribution in [-0.2, 0) is 29.1 Å². The number of sulfonamides is 1. The molecule has 2 aromatic rings. The van der Waals surface area contributed by atoms with Crippen LogP contribution in [0.4, 0.5) is 4.79 Å². The lowest BCUT2D eigenvalue weighted by atomic mass is 9.97. The van der Waals surface area contributed by atoms with E-state index in [-0.39, 0.29) is 25.5 Å². The zero-order valence-electron chi connectivity index (χ0n) is 35.1. The quantitative estimate of drug-likeness (QED) is 0.294. The molecule has 4 heterocycles. The molecule has 7 rings (SSSR count). The molecule has 59 heavy (non-hydrogen) atoms. The molecule has 5 amide bonds. The van der Waals surface area contributed by atoms with Gasteiger partial charge in [-0.05, 0) is 85.3 Å². The normalized spacial score (nSPS) is 28.2. The molecule has 3 aliphatic heterocycles. The van der Waals surface area contributed by atoms with E-state index in [1.807, 2.05) is 52.0 Å². The average molecular weight is 839 g/mol. The fourth-order valence-electron chi connectivity index (χ4n) is 8.38. The van der Waals surface area contributed by atoms with Crippen molar-refractivity contribution >= 4 is 44.7 Å². The molecule has 5 aliphatic rings. The molecule has 17 heteroatoms. The van der Waals surface area contributed by atoms with Crippen LogP contribution in [0.2, 0.25) is 0 Å². The molecule has 2 aliphatic carbocycles. The smallest absolute Gasteiger partial charge is 0.318 e. The second kappa shape index (κ2) is 16.1. The summed E-state index contributed by atoms with van der Waals surface area (Å²) in [4.78, 5) is 64.7. The second-order valence-corrected chi connectivity index (χ2v) is 19.8. The molecule has 0 spiro atoms. The number of carbonyl (C=O) groups is 4. The summed E-state index contributed by atoms with van der Waals surface area (Å²) in [5.41, 5.74) is -0.620. The lowest BCUT2D eigenvalue weighted by Crippen LogP contribution is -2.66. The van der Waals surface area contributed by atoms with E-state index in [9.17, 15) is 27.6 Å². The Morgan fingerprint density at radius 3 is 2.47 bits per heavy atom. The van der Waals surface area contributed by atoms with E-state index in [1.165, 1.54) is 4.90 Å². The molecule has 1 aromatic carbocycles. The first kappa shape index (κ1) is 42.5. The van der Waals surface area contributed by atoms with Gasteiger partial charge in [0.15, 0.2) is 0 Å². The van der Waals surface area contributed by atoms with Crippen molar-refractivity contribution < 1.29 is 46.5 Å². The Balaban J connectivity index is 1.21. The Morgan fingerprint density at radius 1 is 1.05 bits per heavy atom. The first-order valence-corrected chi connectivity index (χ1v) is 22.2. The van der Waals surface area contributed by atoms with E-state index in [0.29, 0.717) is 73.5 Å². The maximum Gasteiger partial charge on any atom is 0.318 e. The molecule has 5 atom stereocenters. The van der Waals surface area contributed by atoms with Gasteiger partial charge in [0.1, 0.15) is 40.8 Å². The predicted molar refractivity (Wildman–Crippen MR) is 219 cm³/mol. The van der Waals surface area contributed by atoms with E-state index < -0.39 is 73.8 Å². The van der Waals surface area contributed by atoms with E-state index >= 15 is 0 Å². The number of nitrogens with one attached hydrogen (secondary N) is 3. The van der Waals surface area contributed by atoms with Crippen LogP contribution >= 0.6 is 0 Å². The molecule has 2 saturated carbocycles. The zero-order valence-corrected chi connectivity index (χ0v) is 35.9. The number of aromatic nitrogens is 1. The van der Waals surface area contributed by atoms with Gasteiger partial charge in [0, 0.05) is 36.5 Å². The van der Waals surface area contributed by atoms with Gasteiger partial charge in [-0.15, -0.1) is 0 Å². The number of carbonyl (C=O) groups excluding carboxylic acids is 4. The number of benzene rings is 1. The molecule has 4 fully saturated rings. The number of likely N-dealkylation sites (tertiary alicyclic amines) is 1. The molecule has 1 aromatic heterocycles. The van der Waals surface area contributed by atoms with Crippen LogP contribution in [-0.4, -0.2) is 121 Å². The van der Waals surface area contributed by atoms with E-state index in [2.05, 4.69) is 15.4 Å². The molecule has 3 N–H and O–H groups in total. The van der Waals surface area contributed by atoms with Gasteiger partial charge >= 0.3 is 6.03 Å². The van der Waals surface area contributed by atoms with Crippen LogP contribution in [0.1, 0.15) is 91.0 Å². The number of urea groups is 1. The van der Waals surface area contributed by atoms with Gasteiger partial charge in [-0.25, -0.2) is 18.2 Å². The Hall–Kier alpha value is -4.64. The number of methoxy groups -OCH3 is 2. The molecular weight excluding hydrogens is 781 g/mol. The fraction of sp³-hybridized carbons (Fsp3) is 0.643. The molecule has 1 unspecified atom stereocenters. The SMILES string of the molecule is COc1ccc2c(O[C@@H]3C[C@H]4C(=O)N[C@]5(C(=O)NS(=O)(=O)C6(C)CC6)CC5/C=C\CCCCC[C@H](NC(=O)N5CC(C)(OC)C5)C(=O)N4C3)cc(OC(C)C)nc2c1C. The van der Waals surface area contributed by atoms with Gasteiger partial charge in [0.2, 0.25) is 27.7 Å². The van der Waals surface area contributed by atoms with Crippen LogP contribution in [0.25, 0.3) is 10.9 Å². The van der Waals surface area contributed by atoms with Crippen molar-refractivity contribution in [2.24, 2.45) is 5.92 Å². The molecule has 0 radical (unpaired) electrons. The monoisotopic (exact) mass is 838 g/mol. The maximum atomic E-state index is 14.8. The largest absolute Gasteiger partial charge is 0.496 e. The van der Waals surface area contributed by atoms with E-state index in [0.717, 1.165) is 18.4 Å². The fourth-order valence-corrected chi connectivity index (χ4v) is 9.69. The highest BCUT2D eigenvalue weighted by atomic mass is 32.2. The standard InChI is InChI=1S/C42H58N6O10S/c1-25(2)57-34-20-33(29-15-16-32(55-6)26(3)35(29)44-34)58-28-19-31-36(49)45-42(38(51)46-59(53,54)41(5)17-18-41)21-27(42)13-11-9-8-10-12-14-30(37(50)48(31)22-28)43-39(52)47-23-40(4,24-47)56-7/h11,13,15-16,20,25,27-28,30-31H,8-10,12,14,17-19,21-24H2,1-7H3,(H,43,52)(H,45,49)(H,46,51)/b13-11-/t27?,28-,30+,31+,42-/m1/s1. The number of pyridine rings is 1. The summed E-state index contributed by atoms with van der Waals surface area (Å²) in [6, 6.07) is 2.87. The summed E-state index contributed by atoms with van der Waals surface area (Å²) in [6.45, 7) is 9.88. The zero-order chi connectivity index (χ0) is 42.5. The first-order valence-electron chi connectivity index (χ1n) is 20.7.